The summed E-state index contributed by atoms with van der Waals surface area (Å²) >= 11 is 5.81. The van der Waals surface area contributed by atoms with Crippen LogP contribution in [0.1, 0.15) is 25.7 Å². The Kier molecular flexibility index (Phi) is 5.33. The minimum atomic E-state index is 0.530. The molecule has 0 spiro atoms. The zero-order valence-electron chi connectivity index (χ0n) is 10.8. The first kappa shape index (κ1) is 13.7. The van der Waals surface area contributed by atoms with Crippen LogP contribution in [0.5, 0.6) is 5.75 Å². The van der Waals surface area contributed by atoms with Gasteiger partial charge >= 0.3 is 0 Å². The molecule has 1 N–H and O–H groups in total. The maximum Gasteiger partial charge on any atom is 0.119 e. The first-order valence-electron chi connectivity index (χ1n) is 6.79. The molecule has 0 unspecified atom stereocenters. The third-order valence-electron chi connectivity index (χ3n) is 3.59. The first-order chi connectivity index (χ1) is 8.85. The number of ether oxygens (including phenoxy) is 1. The highest BCUT2D eigenvalue weighted by Crippen LogP contribution is 2.48. The minimum Gasteiger partial charge on any atom is -0.494 e. The molecule has 3 heteroatoms. The molecule has 0 radical (unpaired) electrons. The number of nitrogens with one attached hydrogen (secondary N) is 1. The zero-order chi connectivity index (χ0) is 12.7. The van der Waals surface area contributed by atoms with Crippen molar-refractivity contribution in [2.45, 2.75) is 25.7 Å². The standard InChI is InChI=1S/C15H22ClNO/c16-10-9-15(7-8-15)13-17-11-4-12-18-14-5-2-1-3-6-14/h1-3,5-6,17H,4,7-13H2. The normalized spacial score (nSPS) is 16.5. The Morgan fingerprint density at radius 1 is 1.22 bits per heavy atom. The van der Waals surface area contributed by atoms with Crippen LogP contribution in [0.2, 0.25) is 0 Å². The predicted octanol–water partition coefficient (Wildman–Crippen LogP) is 3.45. The van der Waals surface area contributed by atoms with E-state index in [4.69, 9.17) is 16.3 Å². The van der Waals surface area contributed by atoms with E-state index in [2.05, 4.69) is 5.32 Å². The molecule has 1 aromatic rings. The third-order valence-corrected chi connectivity index (χ3v) is 3.78. The Bertz CT molecular complexity index is 338. The Labute approximate surface area is 115 Å². The molecule has 1 fully saturated rings. The molecule has 1 aromatic carbocycles. The average Bonchev–Trinajstić information content (AvgIpc) is 3.15. The number of halogens is 1. The van der Waals surface area contributed by atoms with Gasteiger partial charge in [0.2, 0.25) is 0 Å². The van der Waals surface area contributed by atoms with Crippen LogP contribution in [0, 0.1) is 5.41 Å². The molecule has 2 nitrogen and oxygen atoms in total. The van der Waals surface area contributed by atoms with Gasteiger partial charge in [0.15, 0.2) is 0 Å². The number of hydrogen-bond acceptors (Lipinski definition) is 2. The van der Waals surface area contributed by atoms with Crippen molar-refractivity contribution in [1.29, 1.82) is 0 Å². The zero-order valence-corrected chi connectivity index (χ0v) is 11.6. The van der Waals surface area contributed by atoms with Gasteiger partial charge in [-0.15, -0.1) is 11.6 Å². The van der Waals surface area contributed by atoms with E-state index >= 15 is 0 Å². The molecule has 18 heavy (non-hydrogen) atoms. The van der Waals surface area contributed by atoms with Gasteiger partial charge in [0.1, 0.15) is 5.75 Å². The van der Waals surface area contributed by atoms with Crippen molar-refractivity contribution in [3.63, 3.8) is 0 Å². The molecule has 0 saturated heterocycles. The summed E-state index contributed by atoms with van der Waals surface area (Å²) in [6.07, 6.45) is 4.88. The smallest absolute Gasteiger partial charge is 0.119 e. The first-order valence-corrected chi connectivity index (χ1v) is 7.33. The van der Waals surface area contributed by atoms with Crippen molar-refractivity contribution in [2.24, 2.45) is 5.41 Å². The maximum atomic E-state index is 5.81. The molecule has 1 aliphatic carbocycles. The summed E-state index contributed by atoms with van der Waals surface area (Å²) < 4.78 is 5.64. The van der Waals surface area contributed by atoms with Crippen LogP contribution < -0.4 is 10.1 Å². The van der Waals surface area contributed by atoms with E-state index in [0.717, 1.165) is 44.2 Å². The summed E-state index contributed by atoms with van der Waals surface area (Å²) in [6.45, 7) is 2.92. The van der Waals surface area contributed by atoms with Crippen molar-refractivity contribution in [1.82, 2.24) is 5.32 Å². The van der Waals surface area contributed by atoms with Crippen molar-refractivity contribution in [3.8, 4) is 5.75 Å². The van der Waals surface area contributed by atoms with Gasteiger partial charge in [-0.25, -0.2) is 0 Å². The predicted molar refractivity (Wildman–Crippen MR) is 76.4 cm³/mol. The van der Waals surface area contributed by atoms with Crippen LogP contribution in [0.4, 0.5) is 0 Å². The highest BCUT2D eigenvalue weighted by atomic mass is 35.5. The topological polar surface area (TPSA) is 21.3 Å². The fourth-order valence-electron chi connectivity index (χ4n) is 2.15. The molecule has 1 saturated carbocycles. The highest BCUT2D eigenvalue weighted by molar-refractivity contribution is 6.17. The Morgan fingerprint density at radius 2 is 2.00 bits per heavy atom. The summed E-state index contributed by atoms with van der Waals surface area (Å²) in [4.78, 5) is 0. The van der Waals surface area contributed by atoms with Gasteiger partial charge < -0.3 is 10.1 Å². The van der Waals surface area contributed by atoms with Crippen LogP contribution >= 0.6 is 11.6 Å². The molecule has 100 valence electrons. The van der Waals surface area contributed by atoms with Gasteiger partial charge in [-0.05, 0) is 49.8 Å². The Morgan fingerprint density at radius 3 is 2.67 bits per heavy atom. The number of alkyl halides is 1. The molecule has 2 rings (SSSR count). The molecular weight excluding hydrogens is 246 g/mol. The van der Waals surface area contributed by atoms with E-state index in [0.29, 0.717) is 5.41 Å². The highest BCUT2D eigenvalue weighted by Gasteiger charge is 2.40. The average molecular weight is 268 g/mol. The fourth-order valence-corrected chi connectivity index (χ4v) is 2.55. The monoisotopic (exact) mass is 267 g/mol. The van der Waals surface area contributed by atoms with E-state index in [1.807, 2.05) is 30.3 Å². The van der Waals surface area contributed by atoms with Crippen LogP contribution in [0.3, 0.4) is 0 Å². The van der Waals surface area contributed by atoms with E-state index in [1.165, 1.54) is 12.8 Å². The molecule has 0 bridgehead atoms. The molecule has 1 aliphatic rings. The number of rotatable bonds is 9. The number of hydrogen-bond donors (Lipinski definition) is 1. The lowest BCUT2D eigenvalue weighted by Crippen LogP contribution is -2.26. The summed E-state index contributed by atoms with van der Waals surface area (Å²) in [6, 6.07) is 9.98. The second kappa shape index (κ2) is 7.01. The summed E-state index contributed by atoms with van der Waals surface area (Å²) in [5.41, 5.74) is 0.530. The van der Waals surface area contributed by atoms with Crippen LogP contribution in [-0.2, 0) is 0 Å². The van der Waals surface area contributed by atoms with Crippen molar-refractivity contribution in [3.05, 3.63) is 30.3 Å². The van der Waals surface area contributed by atoms with Crippen LogP contribution in [-0.4, -0.2) is 25.6 Å². The lowest BCUT2D eigenvalue weighted by atomic mass is 10.0. The SMILES string of the molecule is ClCCC1(CNCCCOc2ccccc2)CC1. The third kappa shape index (κ3) is 4.51. The van der Waals surface area contributed by atoms with E-state index < -0.39 is 0 Å². The number of para-hydroxylation sites is 1. The van der Waals surface area contributed by atoms with Crippen LogP contribution in [0.15, 0.2) is 30.3 Å². The molecule has 0 heterocycles. The van der Waals surface area contributed by atoms with Gasteiger partial charge in [-0.3, -0.25) is 0 Å². The van der Waals surface area contributed by atoms with Crippen molar-refractivity contribution < 1.29 is 4.74 Å². The largest absolute Gasteiger partial charge is 0.494 e. The Balaban J connectivity index is 1.49. The van der Waals surface area contributed by atoms with Gasteiger partial charge in [-0.1, -0.05) is 18.2 Å². The lowest BCUT2D eigenvalue weighted by molar-refractivity contribution is 0.305. The minimum absolute atomic E-state index is 0.530. The second-order valence-electron chi connectivity index (χ2n) is 5.13. The van der Waals surface area contributed by atoms with E-state index in [9.17, 15) is 0 Å². The maximum absolute atomic E-state index is 5.81. The van der Waals surface area contributed by atoms with Crippen LogP contribution in [0.25, 0.3) is 0 Å². The van der Waals surface area contributed by atoms with Crippen molar-refractivity contribution in [2.75, 3.05) is 25.6 Å². The van der Waals surface area contributed by atoms with Gasteiger partial charge in [0, 0.05) is 12.4 Å². The molecular formula is C15H22ClNO. The molecule has 0 amide bonds. The summed E-state index contributed by atoms with van der Waals surface area (Å²) in [5, 5.41) is 3.52. The fraction of sp³-hybridized carbons (Fsp3) is 0.600. The second-order valence-corrected chi connectivity index (χ2v) is 5.51. The van der Waals surface area contributed by atoms with Crippen molar-refractivity contribution >= 4 is 11.6 Å². The quantitative estimate of drug-likeness (QED) is 0.547. The number of benzene rings is 1. The summed E-state index contributed by atoms with van der Waals surface area (Å²) in [5.74, 6) is 1.75. The van der Waals surface area contributed by atoms with Gasteiger partial charge in [0.25, 0.3) is 0 Å². The molecule has 0 aromatic heterocycles. The van der Waals surface area contributed by atoms with Gasteiger partial charge in [0.05, 0.1) is 6.61 Å². The molecule has 0 aliphatic heterocycles. The van der Waals surface area contributed by atoms with E-state index in [-0.39, 0.29) is 0 Å². The van der Waals surface area contributed by atoms with E-state index in [1.54, 1.807) is 0 Å². The molecule has 0 atom stereocenters. The summed E-state index contributed by atoms with van der Waals surface area (Å²) in [7, 11) is 0. The van der Waals surface area contributed by atoms with Gasteiger partial charge in [-0.2, -0.15) is 0 Å². The lowest BCUT2D eigenvalue weighted by Gasteiger charge is -2.14. The Hall–Kier alpha value is -0.730.